The third-order valence-corrected chi connectivity index (χ3v) is 4.01. The van der Waals surface area contributed by atoms with Crippen LogP contribution in [0.5, 0.6) is 0 Å². The van der Waals surface area contributed by atoms with E-state index in [4.69, 9.17) is 9.15 Å². The van der Waals surface area contributed by atoms with Crippen molar-refractivity contribution in [2.45, 2.75) is 20.3 Å². The standard InChI is InChI=1S/C18H30N4O3.HI/c1-15(2)14-24-12-5-7-20-18(19-3)22-10-8-21(9-11-22)17(23)16-6-4-13-25-16;/h4,6,13,15H,5,7-12,14H2,1-3H3,(H,19,20);1H. The van der Waals surface area contributed by atoms with Crippen LogP contribution in [0.25, 0.3) is 0 Å². The third kappa shape index (κ3) is 7.14. The van der Waals surface area contributed by atoms with E-state index in [1.165, 1.54) is 6.26 Å². The number of rotatable bonds is 7. The van der Waals surface area contributed by atoms with Gasteiger partial charge in [0.25, 0.3) is 5.91 Å². The van der Waals surface area contributed by atoms with Gasteiger partial charge in [0.2, 0.25) is 0 Å². The fourth-order valence-corrected chi connectivity index (χ4v) is 2.70. The molecule has 1 amide bonds. The highest BCUT2D eigenvalue weighted by atomic mass is 127. The first-order chi connectivity index (χ1) is 12.1. The molecule has 7 nitrogen and oxygen atoms in total. The maximum Gasteiger partial charge on any atom is 0.289 e. The molecule has 2 rings (SSSR count). The first-order valence-corrected chi connectivity index (χ1v) is 8.98. The van der Waals surface area contributed by atoms with E-state index < -0.39 is 0 Å². The molecule has 0 radical (unpaired) electrons. The number of nitrogens with zero attached hydrogens (tertiary/aromatic N) is 3. The van der Waals surface area contributed by atoms with Gasteiger partial charge >= 0.3 is 0 Å². The molecule has 2 heterocycles. The van der Waals surface area contributed by atoms with Crippen molar-refractivity contribution >= 4 is 35.8 Å². The summed E-state index contributed by atoms with van der Waals surface area (Å²) in [6.07, 6.45) is 2.48. The molecule has 8 heteroatoms. The van der Waals surface area contributed by atoms with Gasteiger partial charge in [-0.1, -0.05) is 13.8 Å². The minimum atomic E-state index is -0.0464. The fourth-order valence-electron chi connectivity index (χ4n) is 2.70. The topological polar surface area (TPSA) is 70.3 Å². The Morgan fingerprint density at radius 2 is 2.00 bits per heavy atom. The Balaban J connectivity index is 0.00000338. The Morgan fingerprint density at radius 3 is 2.58 bits per heavy atom. The van der Waals surface area contributed by atoms with Crippen molar-refractivity contribution < 1.29 is 13.9 Å². The quantitative estimate of drug-likeness (QED) is 0.282. The molecular formula is C18H31IN4O3. The second-order valence-electron chi connectivity index (χ2n) is 6.55. The van der Waals surface area contributed by atoms with Gasteiger partial charge in [0.05, 0.1) is 6.26 Å². The lowest BCUT2D eigenvalue weighted by atomic mass is 10.2. The van der Waals surface area contributed by atoms with Gasteiger partial charge in [0, 0.05) is 53.0 Å². The zero-order valence-corrected chi connectivity index (χ0v) is 18.3. The van der Waals surface area contributed by atoms with Crippen LogP contribution in [-0.4, -0.2) is 74.7 Å². The van der Waals surface area contributed by atoms with Crippen LogP contribution in [0.3, 0.4) is 0 Å². The lowest BCUT2D eigenvalue weighted by molar-refractivity contribution is 0.0657. The minimum absolute atomic E-state index is 0. The smallest absolute Gasteiger partial charge is 0.289 e. The number of hydrogen-bond donors (Lipinski definition) is 1. The number of aliphatic imine (C=N–C) groups is 1. The molecule has 1 fully saturated rings. The molecule has 1 aliphatic rings. The fraction of sp³-hybridized carbons (Fsp3) is 0.667. The SMILES string of the molecule is CN=C(NCCCOCC(C)C)N1CCN(C(=O)c2ccco2)CC1.I. The number of furan rings is 1. The van der Waals surface area contributed by atoms with E-state index in [-0.39, 0.29) is 29.9 Å². The van der Waals surface area contributed by atoms with Crippen molar-refractivity contribution in [3.8, 4) is 0 Å². The summed E-state index contributed by atoms with van der Waals surface area (Å²) in [4.78, 5) is 20.6. The molecule has 148 valence electrons. The summed E-state index contributed by atoms with van der Waals surface area (Å²) in [7, 11) is 1.79. The van der Waals surface area contributed by atoms with E-state index in [1.807, 2.05) is 4.90 Å². The molecule has 1 aromatic rings. The molecule has 0 spiro atoms. The molecule has 1 aromatic heterocycles. The number of piperazine rings is 1. The highest BCUT2D eigenvalue weighted by Crippen LogP contribution is 2.09. The van der Waals surface area contributed by atoms with Crippen LogP contribution in [-0.2, 0) is 4.74 Å². The molecule has 1 aliphatic heterocycles. The third-order valence-electron chi connectivity index (χ3n) is 4.01. The van der Waals surface area contributed by atoms with Crippen LogP contribution in [0.15, 0.2) is 27.8 Å². The summed E-state index contributed by atoms with van der Waals surface area (Å²) in [6.45, 7) is 9.54. The Kier molecular flexibility index (Phi) is 10.6. The summed E-state index contributed by atoms with van der Waals surface area (Å²) in [6, 6.07) is 3.44. The predicted octanol–water partition coefficient (Wildman–Crippen LogP) is 2.29. The second-order valence-corrected chi connectivity index (χ2v) is 6.55. The molecule has 0 saturated carbocycles. The van der Waals surface area contributed by atoms with Crippen molar-refractivity contribution in [2.24, 2.45) is 10.9 Å². The number of hydrogen-bond acceptors (Lipinski definition) is 4. The maximum atomic E-state index is 12.3. The van der Waals surface area contributed by atoms with Crippen molar-refractivity contribution in [3.05, 3.63) is 24.2 Å². The van der Waals surface area contributed by atoms with Crippen molar-refractivity contribution in [3.63, 3.8) is 0 Å². The molecular weight excluding hydrogens is 447 g/mol. The van der Waals surface area contributed by atoms with Gasteiger partial charge in [-0.3, -0.25) is 9.79 Å². The normalized spacial score (nSPS) is 15.2. The highest BCUT2D eigenvalue weighted by Gasteiger charge is 2.24. The predicted molar refractivity (Wildman–Crippen MR) is 113 cm³/mol. The van der Waals surface area contributed by atoms with Gasteiger partial charge in [-0.15, -0.1) is 24.0 Å². The Morgan fingerprint density at radius 1 is 1.31 bits per heavy atom. The average Bonchev–Trinajstić information content (AvgIpc) is 3.15. The summed E-state index contributed by atoms with van der Waals surface area (Å²) in [5, 5.41) is 3.37. The molecule has 1 saturated heterocycles. The van der Waals surface area contributed by atoms with Crippen molar-refractivity contribution in [1.82, 2.24) is 15.1 Å². The van der Waals surface area contributed by atoms with Crippen LogP contribution in [0.4, 0.5) is 0 Å². The van der Waals surface area contributed by atoms with Crippen LogP contribution in [0, 0.1) is 5.92 Å². The Bertz CT molecular complexity index is 541. The first kappa shape index (κ1) is 22.8. The van der Waals surface area contributed by atoms with Gasteiger partial charge in [-0.2, -0.15) is 0 Å². The summed E-state index contributed by atoms with van der Waals surface area (Å²) in [5.74, 6) is 1.81. The Labute approximate surface area is 173 Å². The van der Waals surface area contributed by atoms with Crippen molar-refractivity contribution in [1.29, 1.82) is 0 Å². The summed E-state index contributed by atoms with van der Waals surface area (Å²) >= 11 is 0. The number of nitrogens with one attached hydrogen (secondary N) is 1. The van der Waals surface area contributed by atoms with Crippen LogP contribution < -0.4 is 5.32 Å². The molecule has 0 aliphatic carbocycles. The van der Waals surface area contributed by atoms with E-state index >= 15 is 0 Å². The lowest BCUT2D eigenvalue weighted by Crippen LogP contribution is -2.53. The molecule has 0 unspecified atom stereocenters. The minimum Gasteiger partial charge on any atom is -0.459 e. The molecule has 0 bridgehead atoms. The van der Waals surface area contributed by atoms with E-state index in [0.29, 0.717) is 24.8 Å². The molecule has 1 N–H and O–H groups in total. The van der Waals surface area contributed by atoms with E-state index in [0.717, 1.165) is 45.2 Å². The zero-order chi connectivity index (χ0) is 18.1. The number of carbonyl (C=O) groups is 1. The van der Waals surface area contributed by atoms with Gasteiger partial charge in [-0.25, -0.2) is 0 Å². The molecule has 0 atom stereocenters. The van der Waals surface area contributed by atoms with Crippen LogP contribution in [0.1, 0.15) is 30.8 Å². The second kappa shape index (κ2) is 12.2. The largest absolute Gasteiger partial charge is 0.459 e. The first-order valence-electron chi connectivity index (χ1n) is 8.98. The molecule has 0 aromatic carbocycles. The van der Waals surface area contributed by atoms with E-state index in [1.54, 1.807) is 19.2 Å². The number of guanidine groups is 1. The number of amides is 1. The van der Waals surface area contributed by atoms with E-state index in [2.05, 4.69) is 29.1 Å². The van der Waals surface area contributed by atoms with Gasteiger partial charge in [0.1, 0.15) is 0 Å². The summed E-state index contributed by atoms with van der Waals surface area (Å²) in [5.41, 5.74) is 0. The zero-order valence-electron chi connectivity index (χ0n) is 15.9. The van der Waals surface area contributed by atoms with Gasteiger partial charge < -0.3 is 24.3 Å². The highest BCUT2D eigenvalue weighted by molar-refractivity contribution is 14.0. The molecule has 26 heavy (non-hydrogen) atoms. The lowest BCUT2D eigenvalue weighted by Gasteiger charge is -2.36. The summed E-state index contributed by atoms with van der Waals surface area (Å²) < 4.78 is 10.8. The average molecular weight is 478 g/mol. The van der Waals surface area contributed by atoms with Crippen LogP contribution >= 0.6 is 24.0 Å². The number of ether oxygens (including phenoxy) is 1. The maximum absolute atomic E-state index is 12.3. The number of carbonyl (C=O) groups excluding carboxylic acids is 1. The van der Waals surface area contributed by atoms with Crippen molar-refractivity contribution in [2.75, 3.05) is 53.0 Å². The monoisotopic (exact) mass is 478 g/mol. The van der Waals surface area contributed by atoms with Gasteiger partial charge in [-0.05, 0) is 24.5 Å². The number of halogens is 1. The van der Waals surface area contributed by atoms with E-state index in [9.17, 15) is 4.79 Å². The Hall–Kier alpha value is -1.29. The van der Waals surface area contributed by atoms with Crippen LogP contribution in [0.2, 0.25) is 0 Å². The van der Waals surface area contributed by atoms with Gasteiger partial charge in [0.15, 0.2) is 11.7 Å².